The van der Waals surface area contributed by atoms with Gasteiger partial charge in [-0.1, -0.05) is 0 Å². The first kappa shape index (κ1) is 13.0. The highest BCUT2D eigenvalue weighted by atomic mass is 32.2. The van der Waals surface area contributed by atoms with E-state index in [-0.39, 0.29) is 16.4 Å². The SMILES string of the molecule is CC(=O)c1sc(N(C)C)c(S(C)(=O)=O)c1N. The third-order valence-corrected chi connectivity index (χ3v) is 4.74. The summed E-state index contributed by atoms with van der Waals surface area (Å²) in [7, 11) is -0.00598. The maximum Gasteiger partial charge on any atom is 0.180 e. The highest BCUT2D eigenvalue weighted by molar-refractivity contribution is 7.91. The van der Waals surface area contributed by atoms with E-state index in [9.17, 15) is 13.2 Å². The van der Waals surface area contributed by atoms with Gasteiger partial charge in [0.2, 0.25) is 0 Å². The summed E-state index contributed by atoms with van der Waals surface area (Å²) in [6.07, 6.45) is 1.09. The number of Topliss-reactive ketones (excluding diaryl/α,β-unsaturated/α-hetero) is 1. The van der Waals surface area contributed by atoms with Gasteiger partial charge in [-0.2, -0.15) is 0 Å². The van der Waals surface area contributed by atoms with Gasteiger partial charge < -0.3 is 10.6 Å². The van der Waals surface area contributed by atoms with Crippen LogP contribution < -0.4 is 10.6 Å². The molecular formula is C9H14N2O3S2. The molecule has 0 spiro atoms. The van der Waals surface area contributed by atoms with Crippen molar-refractivity contribution in [3.8, 4) is 0 Å². The van der Waals surface area contributed by atoms with Crippen LogP contribution in [0.5, 0.6) is 0 Å². The first-order valence-electron chi connectivity index (χ1n) is 4.46. The zero-order valence-electron chi connectivity index (χ0n) is 9.57. The summed E-state index contributed by atoms with van der Waals surface area (Å²) in [6.45, 7) is 1.37. The second-order valence-corrected chi connectivity index (χ2v) is 6.65. The van der Waals surface area contributed by atoms with E-state index >= 15 is 0 Å². The number of nitrogens with zero attached hydrogens (tertiary/aromatic N) is 1. The second kappa shape index (κ2) is 4.06. The van der Waals surface area contributed by atoms with Crippen LogP contribution in [0.3, 0.4) is 0 Å². The van der Waals surface area contributed by atoms with Crippen molar-refractivity contribution >= 4 is 37.6 Å². The standard InChI is InChI=1S/C9H14N2O3S2/c1-5(12)7-6(10)8(16(4,13)14)9(15-7)11(2)3/h10H2,1-4H3. The molecule has 0 saturated heterocycles. The largest absolute Gasteiger partial charge is 0.396 e. The molecule has 1 aromatic heterocycles. The lowest BCUT2D eigenvalue weighted by Crippen LogP contribution is -2.12. The average molecular weight is 262 g/mol. The Hall–Kier alpha value is -1.08. The minimum absolute atomic E-state index is 0.0488. The lowest BCUT2D eigenvalue weighted by atomic mass is 10.3. The van der Waals surface area contributed by atoms with Crippen LogP contribution in [0.1, 0.15) is 16.6 Å². The minimum atomic E-state index is -3.43. The Bertz CT molecular complexity index is 529. The maximum absolute atomic E-state index is 11.6. The van der Waals surface area contributed by atoms with Gasteiger partial charge in [-0.25, -0.2) is 8.42 Å². The zero-order valence-corrected chi connectivity index (χ0v) is 11.2. The Morgan fingerprint density at radius 3 is 2.12 bits per heavy atom. The van der Waals surface area contributed by atoms with E-state index in [2.05, 4.69) is 0 Å². The highest BCUT2D eigenvalue weighted by Crippen LogP contribution is 2.40. The highest BCUT2D eigenvalue weighted by Gasteiger charge is 2.26. The van der Waals surface area contributed by atoms with E-state index in [1.807, 2.05) is 0 Å². The van der Waals surface area contributed by atoms with Gasteiger partial charge in [0.1, 0.15) is 9.90 Å². The molecular weight excluding hydrogens is 248 g/mol. The molecule has 0 aromatic carbocycles. The molecule has 0 amide bonds. The molecule has 0 fully saturated rings. The number of anilines is 2. The maximum atomic E-state index is 11.6. The van der Waals surface area contributed by atoms with E-state index in [1.54, 1.807) is 19.0 Å². The Labute approximate surface area is 98.8 Å². The number of carbonyl (C=O) groups is 1. The summed E-state index contributed by atoms with van der Waals surface area (Å²) in [5, 5.41) is 0.491. The Morgan fingerprint density at radius 2 is 1.88 bits per heavy atom. The van der Waals surface area contributed by atoms with E-state index in [1.165, 1.54) is 6.92 Å². The van der Waals surface area contributed by atoms with Crippen molar-refractivity contribution in [2.24, 2.45) is 0 Å². The van der Waals surface area contributed by atoms with Crippen molar-refractivity contribution in [2.75, 3.05) is 31.0 Å². The van der Waals surface area contributed by atoms with Gasteiger partial charge >= 0.3 is 0 Å². The van der Waals surface area contributed by atoms with Crippen molar-refractivity contribution in [3.05, 3.63) is 4.88 Å². The van der Waals surface area contributed by atoms with Crippen LogP contribution in [-0.4, -0.2) is 34.6 Å². The van der Waals surface area contributed by atoms with Crippen LogP contribution in [0.15, 0.2) is 4.90 Å². The van der Waals surface area contributed by atoms with E-state index < -0.39 is 9.84 Å². The van der Waals surface area contributed by atoms with Crippen molar-refractivity contribution in [2.45, 2.75) is 11.8 Å². The Kier molecular flexibility index (Phi) is 3.30. The second-order valence-electron chi connectivity index (χ2n) is 3.70. The van der Waals surface area contributed by atoms with Crippen LogP contribution in [0.4, 0.5) is 10.7 Å². The number of carbonyl (C=O) groups excluding carboxylic acids is 1. The molecule has 1 aromatic rings. The van der Waals surface area contributed by atoms with Gasteiger partial charge in [0, 0.05) is 27.3 Å². The van der Waals surface area contributed by atoms with Gasteiger partial charge in [-0.15, -0.1) is 11.3 Å². The van der Waals surface area contributed by atoms with E-state index in [0.29, 0.717) is 9.88 Å². The molecule has 16 heavy (non-hydrogen) atoms. The lowest BCUT2D eigenvalue weighted by Gasteiger charge is -2.11. The molecule has 0 atom stereocenters. The van der Waals surface area contributed by atoms with Gasteiger partial charge in [0.05, 0.1) is 10.6 Å². The molecule has 0 radical (unpaired) electrons. The van der Waals surface area contributed by atoms with Crippen LogP contribution >= 0.6 is 11.3 Å². The summed E-state index contributed by atoms with van der Waals surface area (Å²) in [4.78, 5) is 13.3. The quantitative estimate of drug-likeness (QED) is 0.822. The van der Waals surface area contributed by atoms with Crippen LogP contribution in [-0.2, 0) is 9.84 Å². The Morgan fingerprint density at radius 1 is 1.38 bits per heavy atom. The molecule has 0 bridgehead atoms. The van der Waals surface area contributed by atoms with Crippen LogP contribution in [0, 0.1) is 0 Å². The molecule has 7 heteroatoms. The lowest BCUT2D eigenvalue weighted by molar-refractivity contribution is 0.102. The Balaban J connectivity index is 3.64. The van der Waals surface area contributed by atoms with Crippen molar-refractivity contribution in [3.63, 3.8) is 0 Å². The van der Waals surface area contributed by atoms with Crippen molar-refractivity contribution < 1.29 is 13.2 Å². The van der Waals surface area contributed by atoms with Gasteiger partial charge in [-0.3, -0.25) is 4.79 Å². The van der Waals surface area contributed by atoms with Gasteiger partial charge in [-0.05, 0) is 0 Å². The third-order valence-electron chi connectivity index (χ3n) is 1.98. The molecule has 0 aliphatic rings. The summed E-state index contributed by atoms with van der Waals surface area (Å²) >= 11 is 1.10. The summed E-state index contributed by atoms with van der Waals surface area (Å²) in [6, 6.07) is 0. The zero-order chi connectivity index (χ0) is 12.7. The molecule has 1 rings (SSSR count). The van der Waals surface area contributed by atoms with Crippen LogP contribution in [0.25, 0.3) is 0 Å². The smallest absolute Gasteiger partial charge is 0.180 e. The topological polar surface area (TPSA) is 80.5 Å². The number of hydrogen-bond donors (Lipinski definition) is 1. The number of hydrogen-bond acceptors (Lipinski definition) is 6. The fourth-order valence-corrected chi connectivity index (χ4v) is 3.91. The first-order chi connectivity index (χ1) is 7.16. The number of thiophene rings is 1. The monoisotopic (exact) mass is 262 g/mol. The molecule has 0 saturated carbocycles. The fourth-order valence-electron chi connectivity index (χ4n) is 1.33. The molecule has 0 aliphatic heterocycles. The normalized spacial score (nSPS) is 11.5. The molecule has 0 aliphatic carbocycles. The molecule has 5 nitrogen and oxygen atoms in total. The summed E-state index contributed by atoms with van der Waals surface area (Å²) < 4.78 is 23.2. The number of sulfone groups is 1. The number of nitrogen functional groups attached to an aromatic ring is 1. The number of rotatable bonds is 3. The number of nitrogens with two attached hydrogens (primary N) is 1. The molecule has 2 N–H and O–H groups in total. The average Bonchev–Trinajstić information content (AvgIpc) is 2.41. The molecule has 1 heterocycles. The first-order valence-corrected chi connectivity index (χ1v) is 7.17. The molecule has 0 unspecified atom stereocenters. The van der Waals surface area contributed by atoms with E-state index in [4.69, 9.17) is 5.73 Å². The van der Waals surface area contributed by atoms with Gasteiger partial charge in [0.15, 0.2) is 15.6 Å². The number of ketones is 1. The van der Waals surface area contributed by atoms with E-state index in [0.717, 1.165) is 17.6 Å². The van der Waals surface area contributed by atoms with Crippen molar-refractivity contribution in [1.82, 2.24) is 0 Å². The van der Waals surface area contributed by atoms with Crippen LogP contribution in [0.2, 0.25) is 0 Å². The van der Waals surface area contributed by atoms with Gasteiger partial charge in [0.25, 0.3) is 0 Å². The summed E-state index contributed by atoms with van der Waals surface area (Å²) in [5.74, 6) is -0.222. The predicted molar refractivity (Wildman–Crippen MR) is 66.2 cm³/mol. The summed E-state index contributed by atoms with van der Waals surface area (Å²) in [5.41, 5.74) is 5.77. The molecule has 90 valence electrons. The fraction of sp³-hybridized carbons (Fsp3) is 0.444. The minimum Gasteiger partial charge on any atom is -0.396 e. The third kappa shape index (κ3) is 2.19. The van der Waals surface area contributed by atoms with Crippen molar-refractivity contribution in [1.29, 1.82) is 0 Å². The predicted octanol–water partition coefficient (Wildman–Crippen LogP) is 1.00.